The Labute approximate surface area is 80.7 Å². The number of carbonyl (C=O) groups is 1. The third kappa shape index (κ3) is 4.88. The summed E-state index contributed by atoms with van der Waals surface area (Å²) in [5, 5.41) is 8.90. The van der Waals surface area contributed by atoms with Crippen molar-refractivity contribution in [3.05, 3.63) is 0 Å². The summed E-state index contributed by atoms with van der Waals surface area (Å²) in [6.07, 6.45) is 0.655. The molecular formula is C10H21NO2. The zero-order valence-electron chi connectivity index (χ0n) is 9.29. The fourth-order valence-electron chi connectivity index (χ4n) is 1.53. The maximum atomic E-state index is 10.8. The Bertz CT molecular complexity index is 172. The molecule has 0 aliphatic rings. The minimum Gasteiger partial charge on any atom is -0.480 e. The Morgan fingerprint density at radius 2 is 1.92 bits per heavy atom. The topological polar surface area (TPSA) is 40.5 Å². The third-order valence-corrected chi connectivity index (χ3v) is 1.93. The van der Waals surface area contributed by atoms with E-state index in [0.717, 1.165) is 6.54 Å². The highest BCUT2D eigenvalue weighted by Gasteiger charge is 2.24. The van der Waals surface area contributed by atoms with E-state index in [1.54, 1.807) is 0 Å². The number of rotatable bonds is 4. The fourth-order valence-corrected chi connectivity index (χ4v) is 1.53. The average molecular weight is 187 g/mol. The van der Waals surface area contributed by atoms with Gasteiger partial charge in [-0.15, -0.1) is 0 Å². The average Bonchev–Trinajstić information content (AvgIpc) is 1.82. The molecule has 3 heteroatoms. The van der Waals surface area contributed by atoms with E-state index in [1.165, 1.54) is 0 Å². The molecular weight excluding hydrogens is 166 g/mol. The van der Waals surface area contributed by atoms with Crippen molar-refractivity contribution in [2.24, 2.45) is 5.41 Å². The van der Waals surface area contributed by atoms with Crippen LogP contribution in [0, 0.1) is 5.41 Å². The second-order valence-electron chi connectivity index (χ2n) is 4.74. The van der Waals surface area contributed by atoms with Crippen LogP contribution in [0.4, 0.5) is 0 Å². The molecule has 0 radical (unpaired) electrons. The van der Waals surface area contributed by atoms with Crippen LogP contribution in [-0.4, -0.2) is 35.6 Å². The van der Waals surface area contributed by atoms with Gasteiger partial charge >= 0.3 is 5.97 Å². The highest BCUT2D eigenvalue weighted by Crippen LogP contribution is 2.16. The van der Waals surface area contributed by atoms with E-state index in [0.29, 0.717) is 6.42 Å². The zero-order chi connectivity index (χ0) is 10.6. The molecule has 0 aromatic carbocycles. The molecule has 1 atom stereocenters. The lowest BCUT2D eigenvalue weighted by Crippen LogP contribution is -2.42. The minimum atomic E-state index is -0.728. The first kappa shape index (κ1) is 12.4. The summed E-state index contributed by atoms with van der Waals surface area (Å²) >= 11 is 0. The van der Waals surface area contributed by atoms with Crippen molar-refractivity contribution in [2.75, 3.05) is 13.6 Å². The molecule has 3 nitrogen and oxygen atoms in total. The van der Waals surface area contributed by atoms with E-state index < -0.39 is 5.97 Å². The van der Waals surface area contributed by atoms with Gasteiger partial charge in [0.25, 0.3) is 0 Å². The molecule has 0 spiro atoms. The summed E-state index contributed by atoms with van der Waals surface area (Å²) in [7, 11) is 1.87. The first-order valence-electron chi connectivity index (χ1n) is 4.71. The summed E-state index contributed by atoms with van der Waals surface area (Å²) < 4.78 is 0. The summed E-state index contributed by atoms with van der Waals surface area (Å²) in [6, 6.07) is -0.348. The van der Waals surface area contributed by atoms with Crippen LogP contribution in [0.25, 0.3) is 0 Å². The van der Waals surface area contributed by atoms with Crippen LogP contribution in [0.2, 0.25) is 0 Å². The van der Waals surface area contributed by atoms with E-state index in [1.807, 2.05) is 18.9 Å². The second kappa shape index (κ2) is 4.61. The van der Waals surface area contributed by atoms with E-state index >= 15 is 0 Å². The maximum absolute atomic E-state index is 10.8. The van der Waals surface area contributed by atoms with Crippen LogP contribution in [0.1, 0.15) is 34.1 Å². The Morgan fingerprint density at radius 1 is 1.46 bits per heavy atom. The maximum Gasteiger partial charge on any atom is 0.320 e. The van der Waals surface area contributed by atoms with Crippen molar-refractivity contribution in [1.29, 1.82) is 0 Å². The monoisotopic (exact) mass is 187 g/mol. The van der Waals surface area contributed by atoms with Gasteiger partial charge in [0.2, 0.25) is 0 Å². The van der Waals surface area contributed by atoms with Gasteiger partial charge in [-0.2, -0.15) is 0 Å². The molecule has 0 amide bonds. The van der Waals surface area contributed by atoms with Crippen molar-refractivity contribution in [3.8, 4) is 0 Å². The first-order chi connectivity index (χ1) is 5.78. The van der Waals surface area contributed by atoms with Gasteiger partial charge in [-0.1, -0.05) is 27.7 Å². The molecule has 0 fully saturated rings. The molecule has 13 heavy (non-hydrogen) atoms. The molecule has 0 aromatic heterocycles. The number of aliphatic carboxylic acids is 1. The molecule has 0 rings (SSSR count). The van der Waals surface area contributed by atoms with E-state index in [9.17, 15) is 4.79 Å². The summed E-state index contributed by atoms with van der Waals surface area (Å²) in [4.78, 5) is 12.7. The second-order valence-corrected chi connectivity index (χ2v) is 4.74. The van der Waals surface area contributed by atoms with Crippen molar-refractivity contribution in [1.82, 2.24) is 4.90 Å². The van der Waals surface area contributed by atoms with Gasteiger partial charge in [-0.25, -0.2) is 0 Å². The molecule has 0 saturated heterocycles. The molecule has 0 aliphatic carbocycles. The first-order valence-corrected chi connectivity index (χ1v) is 4.71. The number of likely N-dealkylation sites (N-methyl/N-ethyl adjacent to an activating group) is 1. The predicted octanol–water partition coefficient (Wildman–Crippen LogP) is 1.83. The molecule has 0 heterocycles. The van der Waals surface area contributed by atoms with Crippen LogP contribution in [0.15, 0.2) is 0 Å². The number of hydrogen-bond acceptors (Lipinski definition) is 2. The molecule has 1 N–H and O–H groups in total. The van der Waals surface area contributed by atoms with Gasteiger partial charge in [-0.05, 0) is 18.9 Å². The van der Waals surface area contributed by atoms with Crippen molar-refractivity contribution in [3.63, 3.8) is 0 Å². The summed E-state index contributed by atoms with van der Waals surface area (Å²) in [5.74, 6) is -0.728. The van der Waals surface area contributed by atoms with Gasteiger partial charge < -0.3 is 5.11 Å². The van der Waals surface area contributed by atoms with Crippen LogP contribution in [0.3, 0.4) is 0 Å². The molecule has 78 valence electrons. The van der Waals surface area contributed by atoms with Crippen LogP contribution in [-0.2, 0) is 4.79 Å². The molecule has 0 saturated carbocycles. The number of hydrogen-bond donors (Lipinski definition) is 1. The molecule has 0 bridgehead atoms. The van der Waals surface area contributed by atoms with Gasteiger partial charge in [0.05, 0.1) is 0 Å². The summed E-state index contributed by atoms with van der Waals surface area (Å²) in [5.41, 5.74) is 0.150. The Morgan fingerprint density at radius 3 is 2.15 bits per heavy atom. The number of carboxylic acid groups (broad SMARTS) is 1. The highest BCUT2D eigenvalue weighted by atomic mass is 16.4. The molecule has 0 aliphatic heterocycles. The lowest BCUT2D eigenvalue weighted by molar-refractivity contribution is -0.143. The molecule has 0 aromatic rings. The SMILES string of the molecule is CCC(C(=O)O)N(C)CC(C)(C)C. The number of carboxylic acids is 1. The zero-order valence-corrected chi connectivity index (χ0v) is 9.29. The highest BCUT2D eigenvalue weighted by molar-refractivity contribution is 5.73. The molecule has 1 unspecified atom stereocenters. The van der Waals surface area contributed by atoms with Gasteiger partial charge in [-0.3, -0.25) is 9.69 Å². The number of nitrogens with zero attached hydrogens (tertiary/aromatic N) is 1. The van der Waals surface area contributed by atoms with Crippen LogP contribution >= 0.6 is 0 Å². The smallest absolute Gasteiger partial charge is 0.320 e. The van der Waals surface area contributed by atoms with Gasteiger partial charge in [0.1, 0.15) is 6.04 Å². The quantitative estimate of drug-likeness (QED) is 0.730. The van der Waals surface area contributed by atoms with E-state index in [-0.39, 0.29) is 11.5 Å². The predicted molar refractivity (Wildman–Crippen MR) is 53.8 cm³/mol. The standard InChI is InChI=1S/C10H21NO2/c1-6-8(9(12)13)11(5)7-10(2,3)4/h8H,6-7H2,1-5H3,(H,12,13). The Hall–Kier alpha value is -0.570. The van der Waals surface area contributed by atoms with E-state index in [2.05, 4.69) is 20.8 Å². The lowest BCUT2D eigenvalue weighted by atomic mass is 9.95. The van der Waals surface area contributed by atoms with Gasteiger partial charge in [0.15, 0.2) is 0 Å². The summed E-state index contributed by atoms with van der Waals surface area (Å²) in [6.45, 7) is 9.03. The van der Waals surface area contributed by atoms with Crippen molar-refractivity contribution >= 4 is 5.97 Å². The largest absolute Gasteiger partial charge is 0.480 e. The van der Waals surface area contributed by atoms with Gasteiger partial charge in [0, 0.05) is 6.54 Å². The van der Waals surface area contributed by atoms with Crippen molar-refractivity contribution < 1.29 is 9.90 Å². The lowest BCUT2D eigenvalue weighted by Gasteiger charge is -2.30. The Kier molecular flexibility index (Phi) is 4.40. The third-order valence-electron chi connectivity index (χ3n) is 1.93. The van der Waals surface area contributed by atoms with Crippen LogP contribution in [0.5, 0.6) is 0 Å². The Balaban J connectivity index is 4.22. The fraction of sp³-hybridized carbons (Fsp3) is 0.900. The minimum absolute atomic E-state index is 0.150. The van der Waals surface area contributed by atoms with Crippen molar-refractivity contribution in [2.45, 2.75) is 40.2 Å². The normalized spacial score (nSPS) is 14.6. The van der Waals surface area contributed by atoms with Crippen LogP contribution < -0.4 is 0 Å². The van der Waals surface area contributed by atoms with E-state index in [4.69, 9.17) is 5.11 Å².